The van der Waals surface area contributed by atoms with Crippen LogP contribution in [0.15, 0.2) is 78.9 Å². The fraction of sp³-hybridized carbons (Fsp3) is 0.465. The molecule has 3 aliphatic heterocycles. The highest BCUT2D eigenvalue weighted by Crippen LogP contribution is 2.42. The number of nitrogens with zero attached hydrogens (tertiary/aromatic N) is 6. The predicted molar refractivity (Wildman–Crippen MR) is 214 cm³/mol. The Hall–Kier alpha value is -4.51. The summed E-state index contributed by atoms with van der Waals surface area (Å²) in [6.45, 7) is 17.4. The highest BCUT2D eigenvalue weighted by Gasteiger charge is 2.52. The second kappa shape index (κ2) is 16.2. The lowest BCUT2D eigenvalue weighted by Gasteiger charge is -2.44. The fourth-order valence-electron chi connectivity index (χ4n) is 8.93. The Morgan fingerprint density at radius 3 is 2.23 bits per heavy atom. The average molecular weight is 787 g/mol. The Balaban J connectivity index is 1.16. The van der Waals surface area contributed by atoms with Gasteiger partial charge in [0.25, 0.3) is 8.32 Å². The number of likely N-dealkylation sites (tertiary alicyclic amines) is 1. The summed E-state index contributed by atoms with van der Waals surface area (Å²) in [7, 11) is -0.713. The highest BCUT2D eigenvalue weighted by molar-refractivity contribution is 6.99. The van der Waals surface area contributed by atoms with Gasteiger partial charge in [-0.3, -0.25) is 4.90 Å². The van der Waals surface area contributed by atoms with Crippen LogP contribution in [0.4, 0.5) is 29.1 Å². The van der Waals surface area contributed by atoms with Gasteiger partial charge in [0.2, 0.25) is 6.54 Å². The van der Waals surface area contributed by atoms with Crippen molar-refractivity contribution in [3.63, 3.8) is 0 Å². The van der Waals surface area contributed by atoms with Crippen LogP contribution in [0.3, 0.4) is 0 Å². The summed E-state index contributed by atoms with van der Waals surface area (Å²) in [5.41, 5.74) is -0.0564. The average Bonchev–Trinajstić information content (AvgIpc) is 3.53. The van der Waals surface area contributed by atoms with Crippen LogP contribution in [0.1, 0.15) is 56.9 Å². The first-order valence-electron chi connectivity index (χ1n) is 19.5. The zero-order chi connectivity index (χ0) is 39.7. The van der Waals surface area contributed by atoms with E-state index in [9.17, 15) is 17.6 Å². The molecule has 0 bridgehead atoms. The van der Waals surface area contributed by atoms with Crippen molar-refractivity contribution in [2.75, 3.05) is 56.2 Å². The normalized spacial score (nSPS) is 20.8. The van der Waals surface area contributed by atoms with Crippen LogP contribution in [-0.4, -0.2) is 81.7 Å². The van der Waals surface area contributed by atoms with Crippen LogP contribution >= 0.6 is 0 Å². The molecular weight excluding hydrogens is 737 g/mol. The molecule has 2 fully saturated rings. The van der Waals surface area contributed by atoms with E-state index in [-0.39, 0.29) is 47.9 Å². The highest BCUT2D eigenvalue weighted by atomic mass is 28.4. The first-order chi connectivity index (χ1) is 26.8. The molecular formula is C43H50F4N6O2Si. The van der Waals surface area contributed by atoms with Crippen LogP contribution < -0.4 is 24.9 Å². The zero-order valence-electron chi connectivity index (χ0n) is 32.5. The molecule has 4 aromatic rings. The molecule has 296 valence electrons. The van der Waals surface area contributed by atoms with Crippen LogP contribution in [0.5, 0.6) is 6.01 Å². The number of hydrogen-bond acceptors (Lipinski definition) is 7. The summed E-state index contributed by atoms with van der Waals surface area (Å²) in [6, 6.07) is 24.8. The smallest absolute Gasteiger partial charge is 0.421 e. The molecule has 3 aromatic carbocycles. The second-order valence-corrected chi connectivity index (χ2v) is 20.6. The molecule has 0 radical (unpaired) electrons. The molecule has 1 aromatic heterocycles. The summed E-state index contributed by atoms with van der Waals surface area (Å²) in [4.78, 5) is 19.4. The van der Waals surface area contributed by atoms with Crippen LogP contribution in [0.2, 0.25) is 5.04 Å². The number of fused-ring (bicyclic) bond motifs is 1. The third-order valence-electron chi connectivity index (χ3n) is 11.6. The van der Waals surface area contributed by atoms with Crippen molar-refractivity contribution in [3.05, 3.63) is 113 Å². The van der Waals surface area contributed by atoms with Gasteiger partial charge in [-0.2, -0.15) is 23.1 Å². The number of hydrogen-bond donors (Lipinski definition) is 0. The van der Waals surface area contributed by atoms with Crippen molar-refractivity contribution < 1.29 is 26.7 Å². The molecule has 3 atom stereocenters. The molecule has 4 heterocycles. The lowest BCUT2D eigenvalue weighted by Crippen LogP contribution is -2.67. The van der Waals surface area contributed by atoms with Crippen molar-refractivity contribution in [3.8, 4) is 6.01 Å². The number of anilines is 2. The Morgan fingerprint density at radius 2 is 1.59 bits per heavy atom. The van der Waals surface area contributed by atoms with E-state index in [1.165, 1.54) is 22.5 Å². The van der Waals surface area contributed by atoms with Crippen LogP contribution in [0, 0.1) is 18.3 Å². The third-order valence-corrected chi connectivity index (χ3v) is 16.7. The minimum Gasteiger partial charge on any atom is -0.462 e. The maximum atomic E-state index is 14.7. The number of aromatic nitrogens is 2. The van der Waals surface area contributed by atoms with E-state index in [2.05, 4.69) is 91.0 Å². The van der Waals surface area contributed by atoms with Crippen molar-refractivity contribution in [1.82, 2.24) is 14.9 Å². The van der Waals surface area contributed by atoms with Gasteiger partial charge >= 0.3 is 12.2 Å². The number of halogens is 4. The molecule has 7 rings (SSSR count). The predicted octanol–water partition coefficient (Wildman–Crippen LogP) is 7.36. The summed E-state index contributed by atoms with van der Waals surface area (Å²) in [6.07, 6.45) is -1.95. The quantitative estimate of drug-likeness (QED) is 0.0947. The molecule has 0 saturated carbocycles. The summed E-state index contributed by atoms with van der Waals surface area (Å²) in [5, 5.41) is 2.28. The van der Waals surface area contributed by atoms with E-state index in [4.69, 9.17) is 25.7 Å². The number of likely N-dealkylation sites (N-methyl/N-ethyl adjacent to an activating group) is 1. The number of ether oxygens (including phenoxy) is 1. The largest absolute Gasteiger partial charge is 0.462 e. The standard InChI is InChI=1S/C43H50F4N6O2Si/c1-42(2,3)56(33-15-8-6-9-16-33,34-17-10-7-11-18-34)55-32-24-31(51(5)27-32)29-54-41-49-37-28-52(38-20-12-19-36(44)39(38)43(45,46)47)23-21-35(37)40(50-41)53-22-13-14-30(26-53)25-48-4/h6-12,15-20,30-32H,13-14,21-29H2,1-3,5H3/t30-,31-,32+/m0/s1. The minimum absolute atomic E-state index is 0.00235. The third kappa shape index (κ3) is 8.01. The second-order valence-electron chi connectivity index (χ2n) is 16.4. The van der Waals surface area contributed by atoms with Gasteiger partial charge in [0.15, 0.2) is 0 Å². The molecule has 0 amide bonds. The van der Waals surface area contributed by atoms with Crippen molar-refractivity contribution >= 4 is 30.2 Å². The van der Waals surface area contributed by atoms with E-state index >= 15 is 0 Å². The molecule has 3 aliphatic rings. The number of rotatable bonds is 10. The maximum absolute atomic E-state index is 14.7. The number of piperidine rings is 1. The van der Waals surface area contributed by atoms with Gasteiger partial charge in [0, 0.05) is 43.7 Å². The Kier molecular flexibility index (Phi) is 11.5. The summed E-state index contributed by atoms with van der Waals surface area (Å²) >= 11 is 0. The molecule has 2 saturated heterocycles. The lowest BCUT2D eigenvalue weighted by atomic mass is 9.96. The summed E-state index contributed by atoms with van der Waals surface area (Å²) in [5.74, 6) is -0.398. The lowest BCUT2D eigenvalue weighted by molar-refractivity contribution is -0.139. The number of alkyl halides is 3. The van der Waals surface area contributed by atoms with Crippen molar-refractivity contribution in [1.29, 1.82) is 0 Å². The van der Waals surface area contributed by atoms with E-state index in [0.717, 1.165) is 44.0 Å². The van der Waals surface area contributed by atoms with Gasteiger partial charge in [-0.25, -0.2) is 11.0 Å². The topological polar surface area (TPSA) is 58.3 Å². The first kappa shape index (κ1) is 39.7. The van der Waals surface area contributed by atoms with Crippen molar-refractivity contribution in [2.24, 2.45) is 5.92 Å². The van der Waals surface area contributed by atoms with E-state index in [0.29, 0.717) is 37.6 Å². The Morgan fingerprint density at radius 1 is 0.893 bits per heavy atom. The molecule has 56 heavy (non-hydrogen) atoms. The van der Waals surface area contributed by atoms with Gasteiger partial charge in [-0.05, 0) is 60.3 Å². The summed E-state index contributed by atoms with van der Waals surface area (Å²) < 4.78 is 70.9. The minimum atomic E-state index is -4.86. The van der Waals surface area contributed by atoms with Gasteiger partial charge in [0.1, 0.15) is 23.8 Å². The maximum Gasteiger partial charge on any atom is 0.421 e. The molecule has 0 unspecified atom stereocenters. The van der Waals surface area contributed by atoms with Gasteiger partial charge in [-0.15, -0.1) is 0 Å². The molecule has 13 heteroatoms. The SMILES string of the molecule is [C-]#[N+]C[C@@H]1CCCN(c2nc(OC[C@@H]3C[C@@H](O[Si](c4ccccc4)(c4ccccc4)C(C)(C)C)CN3C)nc3c2CCN(c2cccc(F)c2C(F)(F)F)C3)C1. The molecule has 0 aliphatic carbocycles. The Labute approximate surface area is 328 Å². The molecule has 0 N–H and O–H groups in total. The van der Waals surface area contributed by atoms with Gasteiger partial charge in [0.05, 0.1) is 24.0 Å². The first-order valence-corrected chi connectivity index (χ1v) is 21.4. The molecule has 8 nitrogen and oxygen atoms in total. The van der Waals surface area contributed by atoms with Crippen molar-refractivity contribution in [2.45, 2.75) is 76.4 Å². The van der Waals surface area contributed by atoms with Crippen LogP contribution in [0.25, 0.3) is 4.85 Å². The monoisotopic (exact) mass is 786 g/mol. The van der Waals surface area contributed by atoms with Gasteiger partial charge in [-0.1, -0.05) is 87.5 Å². The van der Waals surface area contributed by atoms with Gasteiger partial charge < -0.3 is 23.8 Å². The molecule has 0 spiro atoms. The number of benzene rings is 3. The van der Waals surface area contributed by atoms with E-state index in [1.54, 1.807) is 4.90 Å². The fourth-order valence-corrected chi connectivity index (χ4v) is 13.6. The van der Waals surface area contributed by atoms with E-state index < -0.39 is 25.9 Å². The van der Waals surface area contributed by atoms with Crippen LogP contribution in [-0.2, 0) is 23.6 Å². The zero-order valence-corrected chi connectivity index (χ0v) is 33.5. The Bertz CT molecular complexity index is 1980. The van der Waals surface area contributed by atoms with E-state index in [1.807, 2.05) is 12.1 Å².